The summed E-state index contributed by atoms with van der Waals surface area (Å²) in [6.45, 7) is 8.55. The minimum atomic E-state index is -0.210. The highest BCUT2D eigenvalue weighted by molar-refractivity contribution is 9.10. The molecule has 0 saturated carbocycles. The van der Waals surface area contributed by atoms with Crippen molar-refractivity contribution in [2.24, 2.45) is 0 Å². The van der Waals surface area contributed by atoms with Gasteiger partial charge in [0.15, 0.2) is 0 Å². The van der Waals surface area contributed by atoms with Gasteiger partial charge < -0.3 is 5.32 Å². The van der Waals surface area contributed by atoms with Crippen LogP contribution in [0.4, 0.5) is 4.39 Å². The third-order valence-electron chi connectivity index (χ3n) is 2.17. The summed E-state index contributed by atoms with van der Waals surface area (Å²) in [5.41, 5.74) is 1.56. The largest absolute Gasteiger partial charge is 0.307 e. The van der Waals surface area contributed by atoms with Gasteiger partial charge in [0, 0.05) is 10.0 Å². The molecule has 15 heavy (non-hydrogen) atoms. The standard InChI is InChI=1S/C12H15BrFN/c1-4-15-12(8(2)3)10-6-5-9(13)7-11(10)14/h5-7,12,15H,2,4H2,1,3H3. The van der Waals surface area contributed by atoms with E-state index >= 15 is 0 Å². The van der Waals surface area contributed by atoms with Gasteiger partial charge in [-0.15, -0.1) is 0 Å². The fourth-order valence-electron chi connectivity index (χ4n) is 1.49. The summed E-state index contributed by atoms with van der Waals surface area (Å²) < 4.78 is 14.4. The van der Waals surface area contributed by atoms with Crippen molar-refractivity contribution in [1.29, 1.82) is 0 Å². The van der Waals surface area contributed by atoms with E-state index in [1.54, 1.807) is 6.07 Å². The van der Waals surface area contributed by atoms with Crippen LogP contribution in [0.25, 0.3) is 0 Å². The fraction of sp³-hybridized carbons (Fsp3) is 0.333. The Hall–Kier alpha value is -0.670. The normalized spacial score (nSPS) is 12.5. The Morgan fingerprint density at radius 3 is 2.73 bits per heavy atom. The molecule has 1 unspecified atom stereocenters. The lowest BCUT2D eigenvalue weighted by molar-refractivity contribution is 0.554. The Morgan fingerprint density at radius 1 is 1.60 bits per heavy atom. The van der Waals surface area contributed by atoms with Gasteiger partial charge in [-0.25, -0.2) is 4.39 Å². The van der Waals surface area contributed by atoms with Gasteiger partial charge in [-0.05, 0) is 25.6 Å². The zero-order chi connectivity index (χ0) is 11.4. The molecule has 0 heterocycles. The second-order valence-electron chi connectivity index (χ2n) is 3.50. The first-order chi connectivity index (χ1) is 7.06. The van der Waals surface area contributed by atoms with Crippen LogP contribution >= 0.6 is 15.9 Å². The number of benzene rings is 1. The van der Waals surface area contributed by atoms with E-state index in [4.69, 9.17) is 0 Å². The van der Waals surface area contributed by atoms with Crippen LogP contribution in [-0.2, 0) is 0 Å². The number of likely N-dealkylation sites (N-methyl/N-ethyl adjacent to an activating group) is 1. The van der Waals surface area contributed by atoms with Gasteiger partial charge in [-0.2, -0.15) is 0 Å². The maximum atomic E-state index is 13.7. The number of nitrogens with one attached hydrogen (secondary N) is 1. The molecule has 1 aromatic carbocycles. The third kappa shape index (κ3) is 3.14. The van der Waals surface area contributed by atoms with E-state index in [9.17, 15) is 4.39 Å². The molecule has 0 aromatic heterocycles. The molecular weight excluding hydrogens is 257 g/mol. The van der Waals surface area contributed by atoms with Crippen LogP contribution in [0.1, 0.15) is 25.5 Å². The van der Waals surface area contributed by atoms with E-state index in [2.05, 4.69) is 27.8 Å². The van der Waals surface area contributed by atoms with E-state index in [0.29, 0.717) is 5.56 Å². The molecule has 1 nitrogen and oxygen atoms in total. The van der Waals surface area contributed by atoms with Crippen molar-refractivity contribution < 1.29 is 4.39 Å². The number of halogens is 2. The summed E-state index contributed by atoms with van der Waals surface area (Å²) in [5.74, 6) is -0.210. The summed E-state index contributed by atoms with van der Waals surface area (Å²) in [6, 6.07) is 4.98. The minimum Gasteiger partial charge on any atom is -0.307 e. The maximum Gasteiger partial charge on any atom is 0.129 e. The first-order valence-corrected chi connectivity index (χ1v) is 5.69. The summed E-state index contributed by atoms with van der Waals surface area (Å²) in [7, 11) is 0. The van der Waals surface area contributed by atoms with Gasteiger partial charge in [0.1, 0.15) is 5.82 Å². The first-order valence-electron chi connectivity index (χ1n) is 4.90. The van der Waals surface area contributed by atoms with Crippen LogP contribution in [0.5, 0.6) is 0 Å². The van der Waals surface area contributed by atoms with Gasteiger partial charge in [-0.3, -0.25) is 0 Å². The molecule has 0 amide bonds. The first kappa shape index (κ1) is 12.4. The quantitative estimate of drug-likeness (QED) is 0.822. The van der Waals surface area contributed by atoms with Gasteiger partial charge in [0.2, 0.25) is 0 Å². The molecular formula is C12H15BrFN. The van der Waals surface area contributed by atoms with Crippen LogP contribution in [0.3, 0.4) is 0 Å². The van der Waals surface area contributed by atoms with Gasteiger partial charge >= 0.3 is 0 Å². The van der Waals surface area contributed by atoms with E-state index in [0.717, 1.165) is 16.6 Å². The second-order valence-corrected chi connectivity index (χ2v) is 4.42. The average molecular weight is 272 g/mol. The molecule has 1 N–H and O–H groups in total. The van der Waals surface area contributed by atoms with E-state index in [-0.39, 0.29) is 11.9 Å². The Balaban J connectivity index is 3.05. The smallest absolute Gasteiger partial charge is 0.129 e. The summed E-state index contributed by atoms with van der Waals surface area (Å²) in [4.78, 5) is 0. The van der Waals surface area contributed by atoms with Crippen molar-refractivity contribution in [2.75, 3.05) is 6.54 Å². The van der Waals surface area contributed by atoms with Gasteiger partial charge in [0.05, 0.1) is 6.04 Å². The molecule has 1 rings (SSSR count). The third-order valence-corrected chi connectivity index (χ3v) is 2.67. The van der Waals surface area contributed by atoms with Crippen molar-refractivity contribution in [3.63, 3.8) is 0 Å². The molecule has 0 radical (unpaired) electrons. The number of hydrogen-bond donors (Lipinski definition) is 1. The molecule has 0 spiro atoms. The Morgan fingerprint density at radius 2 is 2.27 bits per heavy atom. The molecule has 0 aliphatic carbocycles. The molecule has 0 aliphatic heterocycles. The summed E-state index contributed by atoms with van der Waals surface area (Å²) >= 11 is 3.24. The van der Waals surface area contributed by atoms with Gasteiger partial charge in [0.25, 0.3) is 0 Å². The van der Waals surface area contributed by atoms with Crippen LogP contribution in [0, 0.1) is 5.82 Å². The molecule has 82 valence electrons. The van der Waals surface area contributed by atoms with Crippen molar-refractivity contribution in [3.8, 4) is 0 Å². The summed E-state index contributed by atoms with van der Waals surface area (Å²) in [5, 5.41) is 3.20. The van der Waals surface area contributed by atoms with Crippen molar-refractivity contribution in [2.45, 2.75) is 19.9 Å². The molecule has 0 bridgehead atoms. The van der Waals surface area contributed by atoms with Crippen LogP contribution in [-0.4, -0.2) is 6.54 Å². The Labute approximate surface area is 98.5 Å². The lowest BCUT2D eigenvalue weighted by atomic mass is 10.0. The van der Waals surface area contributed by atoms with Crippen LogP contribution < -0.4 is 5.32 Å². The number of rotatable bonds is 4. The molecule has 0 aliphatic rings. The average Bonchev–Trinajstić information content (AvgIpc) is 2.15. The predicted octanol–water partition coefficient (Wildman–Crippen LogP) is 3.81. The minimum absolute atomic E-state index is 0.108. The lowest BCUT2D eigenvalue weighted by Crippen LogP contribution is -2.22. The molecule has 1 atom stereocenters. The van der Waals surface area contributed by atoms with Crippen LogP contribution in [0.15, 0.2) is 34.8 Å². The Kier molecular flexibility index (Phi) is 4.48. The van der Waals surface area contributed by atoms with E-state index in [1.807, 2.05) is 19.9 Å². The predicted molar refractivity (Wildman–Crippen MR) is 65.3 cm³/mol. The zero-order valence-electron chi connectivity index (χ0n) is 8.98. The second kappa shape index (κ2) is 5.42. The maximum absolute atomic E-state index is 13.7. The highest BCUT2D eigenvalue weighted by Crippen LogP contribution is 2.25. The topological polar surface area (TPSA) is 12.0 Å². The molecule has 0 fully saturated rings. The Bertz CT molecular complexity index is 363. The molecule has 3 heteroatoms. The molecule has 1 aromatic rings. The van der Waals surface area contributed by atoms with E-state index in [1.165, 1.54) is 6.07 Å². The molecule has 0 saturated heterocycles. The van der Waals surface area contributed by atoms with Crippen molar-refractivity contribution in [1.82, 2.24) is 5.32 Å². The van der Waals surface area contributed by atoms with E-state index < -0.39 is 0 Å². The summed E-state index contributed by atoms with van der Waals surface area (Å²) in [6.07, 6.45) is 0. The SMILES string of the molecule is C=C(C)C(NCC)c1ccc(Br)cc1F. The highest BCUT2D eigenvalue weighted by Gasteiger charge is 2.15. The monoisotopic (exact) mass is 271 g/mol. The van der Waals surface area contributed by atoms with Crippen LogP contribution in [0.2, 0.25) is 0 Å². The van der Waals surface area contributed by atoms with Gasteiger partial charge in [-0.1, -0.05) is 41.1 Å². The number of hydrogen-bond acceptors (Lipinski definition) is 1. The zero-order valence-corrected chi connectivity index (χ0v) is 10.6. The van der Waals surface area contributed by atoms with Crippen molar-refractivity contribution in [3.05, 3.63) is 46.2 Å². The fourth-order valence-corrected chi connectivity index (χ4v) is 1.82. The highest BCUT2D eigenvalue weighted by atomic mass is 79.9. The van der Waals surface area contributed by atoms with Crippen molar-refractivity contribution >= 4 is 15.9 Å². The lowest BCUT2D eigenvalue weighted by Gasteiger charge is -2.19.